The van der Waals surface area contributed by atoms with Gasteiger partial charge in [-0.05, 0) is 44.7 Å². The first-order valence-electron chi connectivity index (χ1n) is 10.2. The molecule has 0 radical (unpaired) electrons. The van der Waals surface area contributed by atoms with Crippen LogP contribution in [0.3, 0.4) is 0 Å². The van der Waals surface area contributed by atoms with Crippen molar-refractivity contribution in [2.24, 2.45) is 5.92 Å². The van der Waals surface area contributed by atoms with E-state index < -0.39 is 10.0 Å². The van der Waals surface area contributed by atoms with Gasteiger partial charge in [-0.15, -0.1) is 0 Å². The van der Waals surface area contributed by atoms with Gasteiger partial charge in [-0.3, -0.25) is 4.79 Å². The van der Waals surface area contributed by atoms with E-state index in [-0.39, 0.29) is 28.9 Å². The number of hydrogen-bond donors (Lipinski definition) is 1. The van der Waals surface area contributed by atoms with Crippen LogP contribution in [-0.4, -0.2) is 68.5 Å². The summed E-state index contributed by atoms with van der Waals surface area (Å²) in [5.74, 6) is -0.198. The van der Waals surface area contributed by atoms with Crippen LogP contribution in [0.25, 0.3) is 0 Å². The monoisotopic (exact) mass is 423 g/mol. The van der Waals surface area contributed by atoms with Gasteiger partial charge < -0.3 is 15.0 Å². The van der Waals surface area contributed by atoms with Crippen molar-refractivity contribution in [3.8, 4) is 0 Å². The molecule has 29 heavy (non-hydrogen) atoms. The second kappa shape index (κ2) is 9.58. The van der Waals surface area contributed by atoms with E-state index in [9.17, 15) is 18.0 Å². The predicted molar refractivity (Wildman–Crippen MR) is 108 cm³/mol. The van der Waals surface area contributed by atoms with Crippen LogP contribution in [0.4, 0.5) is 4.79 Å². The van der Waals surface area contributed by atoms with Gasteiger partial charge in [0.2, 0.25) is 15.9 Å². The molecule has 9 heteroatoms. The smallest absolute Gasteiger partial charge is 0.409 e. The Morgan fingerprint density at radius 1 is 1.03 bits per heavy atom. The molecular formula is C20H29N3O5S. The van der Waals surface area contributed by atoms with Crippen molar-refractivity contribution in [2.45, 2.75) is 43.5 Å². The molecule has 2 heterocycles. The Kier molecular flexibility index (Phi) is 7.13. The van der Waals surface area contributed by atoms with E-state index in [0.29, 0.717) is 58.5 Å². The van der Waals surface area contributed by atoms with Crippen LogP contribution in [-0.2, 0) is 19.6 Å². The number of hydrogen-bond acceptors (Lipinski definition) is 5. The maximum atomic E-state index is 12.7. The zero-order valence-corrected chi connectivity index (χ0v) is 17.6. The molecule has 0 unspecified atom stereocenters. The first-order chi connectivity index (χ1) is 13.9. The van der Waals surface area contributed by atoms with Crippen LogP contribution in [0.5, 0.6) is 0 Å². The fourth-order valence-electron chi connectivity index (χ4n) is 3.84. The second-order valence-electron chi connectivity index (χ2n) is 7.46. The molecule has 2 amide bonds. The minimum Gasteiger partial charge on any atom is -0.450 e. The summed E-state index contributed by atoms with van der Waals surface area (Å²) in [6.07, 6.45) is 2.13. The van der Waals surface area contributed by atoms with Crippen molar-refractivity contribution in [3.05, 3.63) is 30.3 Å². The average molecular weight is 424 g/mol. The number of carbonyl (C=O) groups excluding carboxylic acids is 2. The molecule has 2 aliphatic heterocycles. The van der Waals surface area contributed by atoms with E-state index in [0.717, 1.165) is 0 Å². The molecule has 0 saturated carbocycles. The van der Waals surface area contributed by atoms with Crippen LogP contribution < -0.4 is 5.32 Å². The van der Waals surface area contributed by atoms with Gasteiger partial charge >= 0.3 is 6.09 Å². The first kappa shape index (κ1) is 21.6. The number of sulfonamides is 1. The molecule has 0 spiro atoms. The van der Waals surface area contributed by atoms with Crippen molar-refractivity contribution in [3.63, 3.8) is 0 Å². The van der Waals surface area contributed by atoms with Crippen LogP contribution >= 0.6 is 0 Å². The molecule has 1 aromatic rings. The van der Waals surface area contributed by atoms with Gasteiger partial charge in [0.15, 0.2) is 0 Å². The highest BCUT2D eigenvalue weighted by Crippen LogP contribution is 2.24. The van der Waals surface area contributed by atoms with E-state index in [1.54, 1.807) is 42.2 Å². The number of benzene rings is 1. The molecule has 1 N–H and O–H groups in total. The van der Waals surface area contributed by atoms with Gasteiger partial charge in [-0.25, -0.2) is 13.2 Å². The summed E-state index contributed by atoms with van der Waals surface area (Å²) in [5.41, 5.74) is 0. The van der Waals surface area contributed by atoms with Crippen molar-refractivity contribution >= 4 is 22.0 Å². The molecule has 1 aromatic carbocycles. The molecular weight excluding hydrogens is 394 g/mol. The maximum absolute atomic E-state index is 12.7. The Labute approximate surface area is 172 Å². The minimum atomic E-state index is -3.51. The number of amides is 2. The Morgan fingerprint density at radius 2 is 1.66 bits per heavy atom. The molecule has 0 atom stereocenters. The highest BCUT2D eigenvalue weighted by molar-refractivity contribution is 7.89. The number of nitrogens with one attached hydrogen (secondary N) is 1. The number of carbonyl (C=O) groups is 2. The molecule has 3 rings (SSSR count). The van der Waals surface area contributed by atoms with Crippen LogP contribution in [0, 0.1) is 5.92 Å². The summed E-state index contributed by atoms with van der Waals surface area (Å²) in [4.78, 5) is 26.3. The lowest BCUT2D eigenvalue weighted by Crippen LogP contribution is -2.49. The lowest BCUT2D eigenvalue weighted by atomic mass is 9.96. The summed E-state index contributed by atoms with van der Waals surface area (Å²) < 4.78 is 31.9. The van der Waals surface area contributed by atoms with Crippen molar-refractivity contribution in [1.29, 1.82) is 0 Å². The largest absolute Gasteiger partial charge is 0.450 e. The van der Waals surface area contributed by atoms with E-state index in [4.69, 9.17) is 4.74 Å². The van der Waals surface area contributed by atoms with E-state index in [1.165, 1.54) is 4.31 Å². The van der Waals surface area contributed by atoms with Gasteiger partial charge in [0.05, 0.1) is 11.5 Å². The van der Waals surface area contributed by atoms with E-state index in [1.807, 2.05) is 0 Å². The SMILES string of the molecule is CCOC(=O)N1CCC(NC(=O)C2CCN(S(=O)(=O)c3ccccc3)CC2)CC1. The average Bonchev–Trinajstić information content (AvgIpc) is 2.75. The highest BCUT2D eigenvalue weighted by atomic mass is 32.2. The Hall–Kier alpha value is -2.13. The second-order valence-corrected chi connectivity index (χ2v) is 9.40. The molecule has 0 aromatic heterocycles. The zero-order valence-electron chi connectivity index (χ0n) is 16.7. The summed E-state index contributed by atoms with van der Waals surface area (Å²) >= 11 is 0. The Morgan fingerprint density at radius 3 is 2.24 bits per heavy atom. The van der Waals surface area contributed by atoms with Gasteiger partial charge in [0.25, 0.3) is 0 Å². The standard InChI is InChI=1S/C20H29N3O5S/c1-2-28-20(25)22-12-10-17(11-13-22)21-19(24)16-8-14-23(15-9-16)29(26,27)18-6-4-3-5-7-18/h3-7,16-17H,2,8-15H2,1H3,(H,21,24). The van der Waals surface area contributed by atoms with E-state index >= 15 is 0 Å². The third kappa shape index (κ3) is 5.27. The molecule has 2 fully saturated rings. The number of ether oxygens (including phenoxy) is 1. The van der Waals surface area contributed by atoms with Crippen LogP contribution in [0.2, 0.25) is 0 Å². The quantitative estimate of drug-likeness (QED) is 0.779. The lowest BCUT2D eigenvalue weighted by molar-refractivity contribution is -0.127. The first-order valence-corrected chi connectivity index (χ1v) is 11.6. The number of piperidine rings is 2. The number of likely N-dealkylation sites (tertiary alicyclic amines) is 1. The highest BCUT2D eigenvalue weighted by Gasteiger charge is 2.33. The topological polar surface area (TPSA) is 96.0 Å². The summed E-state index contributed by atoms with van der Waals surface area (Å²) in [6, 6.07) is 8.43. The molecule has 160 valence electrons. The Balaban J connectivity index is 1.46. The van der Waals surface area contributed by atoms with Gasteiger partial charge in [-0.1, -0.05) is 18.2 Å². The summed E-state index contributed by atoms with van der Waals surface area (Å²) in [5, 5.41) is 3.08. The van der Waals surface area contributed by atoms with Crippen LogP contribution in [0.15, 0.2) is 35.2 Å². The molecule has 8 nitrogen and oxygen atoms in total. The third-order valence-corrected chi connectivity index (χ3v) is 7.49. The normalized spacial score (nSPS) is 19.7. The third-order valence-electron chi connectivity index (χ3n) is 5.57. The number of rotatable bonds is 5. The summed E-state index contributed by atoms with van der Waals surface area (Å²) in [7, 11) is -3.51. The van der Waals surface area contributed by atoms with Gasteiger partial charge in [-0.2, -0.15) is 4.31 Å². The Bertz CT molecular complexity index is 799. The molecule has 2 saturated heterocycles. The fraction of sp³-hybridized carbons (Fsp3) is 0.600. The van der Waals surface area contributed by atoms with Crippen molar-refractivity contribution < 1.29 is 22.7 Å². The minimum absolute atomic E-state index is 0.0173. The van der Waals surface area contributed by atoms with Crippen LogP contribution in [0.1, 0.15) is 32.6 Å². The van der Waals surface area contributed by atoms with E-state index in [2.05, 4.69) is 5.32 Å². The maximum Gasteiger partial charge on any atom is 0.409 e. The molecule has 0 bridgehead atoms. The van der Waals surface area contributed by atoms with Gasteiger partial charge in [0.1, 0.15) is 0 Å². The number of nitrogens with zero attached hydrogens (tertiary/aromatic N) is 2. The molecule has 0 aliphatic carbocycles. The predicted octanol–water partition coefficient (Wildman–Crippen LogP) is 1.82. The zero-order chi connectivity index (χ0) is 20.9. The molecule has 2 aliphatic rings. The van der Waals surface area contributed by atoms with Crippen molar-refractivity contribution in [2.75, 3.05) is 32.8 Å². The fourth-order valence-corrected chi connectivity index (χ4v) is 5.33. The van der Waals surface area contributed by atoms with Crippen molar-refractivity contribution in [1.82, 2.24) is 14.5 Å². The van der Waals surface area contributed by atoms with Gasteiger partial charge in [0, 0.05) is 38.1 Å². The summed E-state index contributed by atoms with van der Waals surface area (Å²) in [6.45, 7) is 3.96. The lowest BCUT2D eigenvalue weighted by Gasteiger charge is -2.34.